The third-order valence-electron chi connectivity index (χ3n) is 5.33. The molecule has 2 aromatic rings. The molecule has 0 saturated carbocycles. The van der Waals surface area contributed by atoms with Crippen molar-refractivity contribution < 1.29 is 22.7 Å². The van der Waals surface area contributed by atoms with Gasteiger partial charge in [0.05, 0.1) is 11.0 Å². The molecule has 8 nitrogen and oxygen atoms in total. The zero-order chi connectivity index (χ0) is 24.0. The monoisotopic (exact) mass is 495 g/mol. The van der Waals surface area contributed by atoms with Crippen LogP contribution in [0.4, 0.5) is 11.4 Å². The van der Waals surface area contributed by atoms with Crippen LogP contribution in [0.15, 0.2) is 47.4 Å². The second-order valence-electron chi connectivity index (χ2n) is 8.11. The molecule has 1 aliphatic rings. The summed E-state index contributed by atoms with van der Waals surface area (Å²) < 4.78 is 39.3. The Labute approximate surface area is 200 Å². The third-order valence-corrected chi connectivity index (χ3v) is 7.38. The van der Waals surface area contributed by atoms with Crippen LogP contribution in [0.1, 0.15) is 18.4 Å². The minimum Gasteiger partial charge on any atom is -0.377 e. The number of nitrogens with zero attached hydrogens (tertiary/aromatic N) is 2. The van der Waals surface area contributed by atoms with Gasteiger partial charge >= 0.3 is 0 Å². The Morgan fingerprint density at radius 3 is 2.67 bits per heavy atom. The molecule has 1 amide bonds. The van der Waals surface area contributed by atoms with E-state index >= 15 is 0 Å². The van der Waals surface area contributed by atoms with Crippen LogP contribution < -0.4 is 10.2 Å². The molecule has 10 heteroatoms. The molecule has 0 radical (unpaired) electrons. The molecule has 0 bridgehead atoms. The van der Waals surface area contributed by atoms with Crippen LogP contribution in [0, 0.1) is 0 Å². The van der Waals surface area contributed by atoms with Crippen molar-refractivity contribution in [2.75, 3.05) is 51.2 Å². The van der Waals surface area contributed by atoms with Crippen molar-refractivity contribution in [3.8, 4) is 0 Å². The van der Waals surface area contributed by atoms with Crippen molar-refractivity contribution in [3.05, 3.63) is 53.1 Å². The molecular formula is C23H30ClN3O5S. The van der Waals surface area contributed by atoms with Crippen molar-refractivity contribution in [3.63, 3.8) is 0 Å². The van der Waals surface area contributed by atoms with E-state index in [9.17, 15) is 13.2 Å². The Bertz CT molecular complexity index is 1070. The van der Waals surface area contributed by atoms with Gasteiger partial charge in [0.15, 0.2) is 0 Å². The van der Waals surface area contributed by atoms with Gasteiger partial charge in [-0.3, -0.25) is 4.79 Å². The fourth-order valence-electron chi connectivity index (χ4n) is 3.78. The molecule has 1 aliphatic heterocycles. The first kappa shape index (κ1) is 25.5. The largest absolute Gasteiger partial charge is 0.377 e. The predicted octanol–water partition coefficient (Wildman–Crippen LogP) is 3.36. The number of sulfonamides is 1. The summed E-state index contributed by atoms with van der Waals surface area (Å²) in [4.78, 5) is 14.0. The normalized spacial score (nSPS) is 16.2. The zero-order valence-corrected chi connectivity index (χ0v) is 20.7. The van der Waals surface area contributed by atoms with Crippen molar-refractivity contribution in [1.82, 2.24) is 4.31 Å². The minimum atomic E-state index is -3.85. The molecular weight excluding hydrogens is 466 g/mol. The molecule has 3 rings (SSSR count). The van der Waals surface area contributed by atoms with Gasteiger partial charge in [0.1, 0.15) is 6.61 Å². The number of amides is 1. The number of nitrogens with one attached hydrogen (secondary N) is 1. The first-order valence-corrected chi connectivity index (χ1v) is 12.5. The Hall–Kier alpha value is -2.17. The number of hydrogen-bond donors (Lipinski definition) is 1. The van der Waals surface area contributed by atoms with E-state index in [1.807, 2.05) is 25.1 Å². The Balaban J connectivity index is 1.98. The van der Waals surface area contributed by atoms with Crippen molar-refractivity contribution in [1.29, 1.82) is 0 Å². The summed E-state index contributed by atoms with van der Waals surface area (Å²) in [6.45, 7) is 0.886. The molecule has 1 saturated heterocycles. The van der Waals surface area contributed by atoms with Gasteiger partial charge in [-0.25, -0.2) is 8.42 Å². The zero-order valence-electron chi connectivity index (χ0n) is 19.1. The summed E-state index contributed by atoms with van der Waals surface area (Å²) in [5.74, 6) is -0.288. The molecule has 1 unspecified atom stereocenters. The second-order valence-corrected chi connectivity index (χ2v) is 10.5. The molecule has 2 aromatic carbocycles. The SMILES string of the molecule is COCC(=O)Nc1ccc(N(C)C)c(CN(CC2CCCO2)S(=O)(=O)c2cccc(Cl)c2)c1. The quantitative estimate of drug-likeness (QED) is 0.543. The van der Waals surface area contributed by atoms with E-state index in [0.29, 0.717) is 17.3 Å². The van der Waals surface area contributed by atoms with E-state index in [1.54, 1.807) is 24.3 Å². The molecule has 0 spiro atoms. The third kappa shape index (κ3) is 6.68. The van der Waals surface area contributed by atoms with Gasteiger partial charge in [-0.2, -0.15) is 4.31 Å². The number of halogens is 1. The molecule has 0 aliphatic carbocycles. The molecule has 1 atom stereocenters. The molecule has 33 heavy (non-hydrogen) atoms. The van der Waals surface area contributed by atoms with Crippen LogP contribution in [0.5, 0.6) is 0 Å². The summed E-state index contributed by atoms with van der Waals surface area (Å²) in [5.41, 5.74) is 2.16. The maximum Gasteiger partial charge on any atom is 0.250 e. The topological polar surface area (TPSA) is 88.2 Å². The van der Waals surface area contributed by atoms with Gasteiger partial charge < -0.3 is 19.7 Å². The lowest BCUT2D eigenvalue weighted by atomic mass is 10.1. The summed E-state index contributed by atoms with van der Waals surface area (Å²) in [6, 6.07) is 11.7. The smallest absolute Gasteiger partial charge is 0.250 e. The standard InChI is InChI=1S/C23H30ClN3O5S/c1-26(2)22-10-9-19(25-23(28)16-31-3)12-17(22)14-27(15-20-7-5-11-32-20)33(29,30)21-8-4-6-18(24)13-21/h4,6,8-10,12-13,20H,5,7,11,14-16H2,1-3H3,(H,25,28). The Kier molecular flexibility index (Phi) is 8.72. The molecule has 0 aromatic heterocycles. The van der Waals surface area contributed by atoms with Crippen LogP contribution in [0.3, 0.4) is 0 Å². The van der Waals surface area contributed by atoms with Crippen LogP contribution in [-0.4, -0.2) is 65.7 Å². The highest BCUT2D eigenvalue weighted by Crippen LogP contribution is 2.29. The maximum atomic E-state index is 13.6. The first-order chi connectivity index (χ1) is 15.7. The Morgan fingerprint density at radius 2 is 2.03 bits per heavy atom. The summed E-state index contributed by atoms with van der Waals surface area (Å²) in [7, 11) is 1.37. The highest BCUT2D eigenvalue weighted by molar-refractivity contribution is 7.89. The minimum absolute atomic E-state index is 0.0704. The number of anilines is 2. The highest BCUT2D eigenvalue weighted by atomic mass is 35.5. The van der Waals surface area contributed by atoms with Crippen molar-refractivity contribution in [2.24, 2.45) is 0 Å². The average molecular weight is 496 g/mol. The van der Waals surface area contributed by atoms with Gasteiger partial charge in [0, 0.05) is 57.3 Å². The lowest BCUT2D eigenvalue weighted by Gasteiger charge is -2.27. The van der Waals surface area contributed by atoms with E-state index in [4.69, 9.17) is 21.1 Å². The first-order valence-electron chi connectivity index (χ1n) is 10.7. The van der Waals surface area contributed by atoms with E-state index < -0.39 is 10.0 Å². The molecule has 1 heterocycles. The number of methoxy groups -OCH3 is 1. The number of rotatable bonds is 10. The van der Waals surface area contributed by atoms with E-state index in [1.165, 1.54) is 23.5 Å². The number of ether oxygens (including phenoxy) is 2. The Morgan fingerprint density at radius 1 is 1.24 bits per heavy atom. The summed E-state index contributed by atoms with van der Waals surface area (Å²) >= 11 is 6.08. The average Bonchev–Trinajstić information content (AvgIpc) is 3.26. The molecule has 180 valence electrons. The van der Waals surface area contributed by atoms with Gasteiger partial charge in [0.25, 0.3) is 0 Å². The number of hydrogen-bond acceptors (Lipinski definition) is 6. The van der Waals surface area contributed by atoms with E-state index in [-0.39, 0.29) is 36.6 Å². The summed E-state index contributed by atoms with van der Waals surface area (Å²) in [5, 5.41) is 3.13. The predicted molar refractivity (Wildman–Crippen MR) is 129 cm³/mol. The van der Waals surface area contributed by atoms with Crippen LogP contribution in [0.2, 0.25) is 5.02 Å². The number of benzene rings is 2. The van der Waals surface area contributed by atoms with Gasteiger partial charge in [-0.1, -0.05) is 17.7 Å². The second kappa shape index (κ2) is 11.3. The van der Waals surface area contributed by atoms with Crippen LogP contribution in [-0.2, 0) is 30.8 Å². The van der Waals surface area contributed by atoms with Gasteiger partial charge in [0.2, 0.25) is 15.9 Å². The van der Waals surface area contributed by atoms with Crippen LogP contribution in [0.25, 0.3) is 0 Å². The molecule has 1 N–H and O–H groups in total. The van der Waals surface area contributed by atoms with E-state index in [0.717, 1.165) is 24.1 Å². The lowest BCUT2D eigenvalue weighted by Crippen LogP contribution is -2.37. The summed E-state index contributed by atoms with van der Waals surface area (Å²) in [6.07, 6.45) is 1.53. The van der Waals surface area contributed by atoms with Gasteiger partial charge in [-0.15, -0.1) is 0 Å². The lowest BCUT2D eigenvalue weighted by molar-refractivity contribution is -0.119. The van der Waals surface area contributed by atoms with Crippen molar-refractivity contribution >= 4 is 38.9 Å². The molecule has 1 fully saturated rings. The highest BCUT2D eigenvalue weighted by Gasteiger charge is 2.30. The van der Waals surface area contributed by atoms with E-state index in [2.05, 4.69) is 5.32 Å². The number of carbonyl (C=O) groups excluding carboxylic acids is 1. The fourth-order valence-corrected chi connectivity index (χ4v) is 5.54. The van der Waals surface area contributed by atoms with Gasteiger partial charge in [-0.05, 0) is 54.8 Å². The number of carbonyl (C=O) groups is 1. The van der Waals surface area contributed by atoms with Crippen molar-refractivity contribution in [2.45, 2.75) is 30.4 Å². The van der Waals surface area contributed by atoms with Crippen LogP contribution >= 0.6 is 11.6 Å². The maximum absolute atomic E-state index is 13.6. The fraction of sp³-hybridized carbons (Fsp3) is 0.435.